The third kappa shape index (κ3) is 9.18. The molecule has 2 N–H and O–H groups in total. The molecule has 6 heteroatoms. The highest BCUT2D eigenvalue weighted by atomic mass is 16.5. The topological polar surface area (TPSA) is 96.7 Å². The van der Waals surface area contributed by atoms with Crippen LogP contribution in [0.2, 0.25) is 0 Å². The van der Waals surface area contributed by atoms with Crippen molar-refractivity contribution >= 4 is 12.3 Å². The first-order valence-electron chi connectivity index (χ1n) is 11.6. The molecule has 0 aliphatic heterocycles. The Kier molecular flexibility index (Phi) is 11.5. The number of pyridine rings is 1. The van der Waals surface area contributed by atoms with Crippen LogP contribution in [0.25, 0.3) is 0 Å². The van der Waals surface area contributed by atoms with E-state index in [1.54, 1.807) is 36.4 Å². The van der Waals surface area contributed by atoms with Gasteiger partial charge in [-0.3, -0.25) is 9.59 Å². The van der Waals surface area contributed by atoms with Crippen molar-refractivity contribution in [1.82, 2.24) is 4.98 Å². The van der Waals surface area contributed by atoms with Gasteiger partial charge in [0.05, 0.1) is 19.1 Å². The van der Waals surface area contributed by atoms with E-state index in [4.69, 9.17) is 9.84 Å². The van der Waals surface area contributed by atoms with Crippen LogP contribution in [0.1, 0.15) is 91.7 Å². The fourth-order valence-corrected chi connectivity index (χ4v) is 3.64. The van der Waals surface area contributed by atoms with Crippen LogP contribution in [0, 0.1) is 0 Å². The number of carboxylic acid groups (broad SMARTS) is 1. The molecule has 174 valence electrons. The molecule has 0 aliphatic carbocycles. The van der Waals surface area contributed by atoms with Crippen LogP contribution in [0.3, 0.4) is 0 Å². The lowest BCUT2D eigenvalue weighted by atomic mass is 10.0. The molecule has 0 bridgehead atoms. The van der Waals surface area contributed by atoms with Gasteiger partial charge in [-0.05, 0) is 29.7 Å². The summed E-state index contributed by atoms with van der Waals surface area (Å²) in [4.78, 5) is 26.7. The lowest BCUT2D eigenvalue weighted by molar-refractivity contribution is -0.136. The van der Waals surface area contributed by atoms with Crippen molar-refractivity contribution in [1.29, 1.82) is 0 Å². The number of carbonyl (C=O) groups is 2. The van der Waals surface area contributed by atoms with E-state index in [1.165, 1.54) is 38.5 Å². The van der Waals surface area contributed by atoms with Gasteiger partial charge in [-0.15, -0.1) is 0 Å². The van der Waals surface area contributed by atoms with Gasteiger partial charge in [0.1, 0.15) is 11.4 Å². The van der Waals surface area contributed by atoms with Gasteiger partial charge in [0.15, 0.2) is 6.29 Å². The van der Waals surface area contributed by atoms with E-state index < -0.39 is 12.1 Å². The molecule has 2 aromatic rings. The van der Waals surface area contributed by atoms with Gasteiger partial charge < -0.3 is 14.9 Å². The SMILES string of the molecule is CCCCCCCCCCOc1ccc(CC(O)c2cccc(CC(=O)O)c2)nc1C=O. The lowest BCUT2D eigenvalue weighted by Gasteiger charge is -2.13. The standard InChI is InChI=1S/C26H35NO5/c1-2-3-4-5-6-7-8-9-15-32-25-14-13-22(27-23(25)19-28)18-24(29)21-12-10-11-20(16-21)17-26(30)31/h10-14,16,19,24,29H,2-9,15,17-18H2,1H3,(H,30,31). The predicted molar refractivity (Wildman–Crippen MR) is 124 cm³/mol. The number of nitrogens with zero attached hydrogens (tertiary/aromatic N) is 1. The molecule has 1 unspecified atom stereocenters. The van der Waals surface area contributed by atoms with E-state index in [-0.39, 0.29) is 18.5 Å². The molecule has 0 saturated heterocycles. The zero-order valence-electron chi connectivity index (χ0n) is 19.0. The monoisotopic (exact) mass is 441 g/mol. The number of aliphatic hydroxyl groups excluding tert-OH is 1. The van der Waals surface area contributed by atoms with Gasteiger partial charge in [-0.25, -0.2) is 4.98 Å². The first-order valence-corrected chi connectivity index (χ1v) is 11.6. The van der Waals surface area contributed by atoms with Gasteiger partial charge in [0, 0.05) is 12.1 Å². The molecule has 0 fully saturated rings. The molecule has 0 radical (unpaired) electrons. The van der Waals surface area contributed by atoms with Gasteiger partial charge in [0.25, 0.3) is 0 Å². The molecule has 1 heterocycles. The van der Waals surface area contributed by atoms with E-state index in [1.807, 2.05) is 0 Å². The van der Waals surface area contributed by atoms with E-state index in [2.05, 4.69) is 11.9 Å². The average Bonchev–Trinajstić information content (AvgIpc) is 2.78. The number of aromatic nitrogens is 1. The van der Waals surface area contributed by atoms with Gasteiger partial charge >= 0.3 is 5.97 Å². The molecule has 1 aromatic carbocycles. The molecule has 1 atom stereocenters. The van der Waals surface area contributed by atoms with Crippen LogP contribution >= 0.6 is 0 Å². The molecule has 32 heavy (non-hydrogen) atoms. The summed E-state index contributed by atoms with van der Waals surface area (Å²) in [6, 6.07) is 10.3. The Bertz CT molecular complexity index is 852. The number of aliphatic carboxylic acids is 1. The zero-order chi connectivity index (χ0) is 23.2. The van der Waals surface area contributed by atoms with E-state index in [9.17, 15) is 14.7 Å². The van der Waals surface area contributed by atoms with Crippen LogP contribution in [0.4, 0.5) is 0 Å². The second kappa shape index (κ2) is 14.4. The lowest BCUT2D eigenvalue weighted by Crippen LogP contribution is -2.08. The maximum Gasteiger partial charge on any atom is 0.307 e. The smallest absolute Gasteiger partial charge is 0.307 e. The number of ether oxygens (including phenoxy) is 1. The fraction of sp³-hybridized carbons (Fsp3) is 0.500. The normalized spacial score (nSPS) is 11.8. The summed E-state index contributed by atoms with van der Waals surface area (Å²) in [5, 5.41) is 19.5. The second-order valence-electron chi connectivity index (χ2n) is 8.16. The molecule has 0 amide bonds. The van der Waals surface area contributed by atoms with Crippen LogP contribution < -0.4 is 4.74 Å². The Morgan fingerprint density at radius 3 is 2.47 bits per heavy atom. The molecule has 0 aliphatic rings. The number of unbranched alkanes of at least 4 members (excludes halogenated alkanes) is 7. The minimum atomic E-state index is -0.920. The number of carbonyl (C=O) groups excluding carboxylic acids is 1. The summed E-state index contributed by atoms with van der Waals surface area (Å²) >= 11 is 0. The van der Waals surface area contributed by atoms with Crippen LogP contribution in [-0.2, 0) is 17.6 Å². The highest BCUT2D eigenvalue weighted by molar-refractivity contribution is 5.76. The Morgan fingerprint density at radius 1 is 1.06 bits per heavy atom. The number of carboxylic acids is 1. The Labute approximate surface area is 190 Å². The maximum atomic E-state index is 11.5. The van der Waals surface area contributed by atoms with Crippen LogP contribution in [-0.4, -0.2) is 34.1 Å². The summed E-state index contributed by atoms with van der Waals surface area (Å²) < 4.78 is 5.76. The molecule has 0 saturated carbocycles. The Balaban J connectivity index is 1.83. The van der Waals surface area contributed by atoms with Gasteiger partial charge in [0.2, 0.25) is 0 Å². The number of hydrogen-bond donors (Lipinski definition) is 2. The minimum absolute atomic E-state index is 0.0982. The highest BCUT2D eigenvalue weighted by Crippen LogP contribution is 2.22. The largest absolute Gasteiger partial charge is 0.491 e. The Morgan fingerprint density at radius 2 is 1.78 bits per heavy atom. The maximum absolute atomic E-state index is 11.5. The number of aliphatic hydroxyl groups is 1. The molecule has 2 rings (SSSR count). The number of rotatable bonds is 16. The molecular weight excluding hydrogens is 406 g/mol. The van der Waals surface area contributed by atoms with Gasteiger partial charge in [-0.2, -0.15) is 0 Å². The summed E-state index contributed by atoms with van der Waals surface area (Å²) in [7, 11) is 0. The van der Waals surface area contributed by atoms with Crippen molar-refractivity contribution < 1.29 is 24.5 Å². The van der Waals surface area contributed by atoms with Crippen molar-refractivity contribution in [2.75, 3.05) is 6.61 Å². The van der Waals surface area contributed by atoms with Crippen LogP contribution in [0.15, 0.2) is 36.4 Å². The summed E-state index contributed by atoms with van der Waals surface area (Å²) in [6.07, 6.45) is 9.66. The first-order chi connectivity index (χ1) is 15.5. The van der Waals surface area contributed by atoms with Crippen molar-refractivity contribution in [3.05, 3.63) is 58.9 Å². The predicted octanol–water partition coefficient (Wildman–Crippen LogP) is 5.32. The summed E-state index contributed by atoms with van der Waals surface area (Å²) in [5.41, 5.74) is 2.05. The number of benzene rings is 1. The Hall–Kier alpha value is -2.73. The minimum Gasteiger partial charge on any atom is -0.491 e. The van der Waals surface area contributed by atoms with Gasteiger partial charge in [-0.1, -0.05) is 76.1 Å². The third-order valence-electron chi connectivity index (χ3n) is 5.40. The van der Waals surface area contributed by atoms with Crippen molar-refractivity contribution in [3.63, 3.8) is 0 Å². The molecule has 0 spiro atoms. The van der Waals surface area contributed by atoms with E-state index in [0.29, 0.717) is 35.5 Å². The van der Waals surface area contributed by atoms with Crippen LogP contribution in [0.5, 0.6) is 5.75 Å². The number of aldehydes is 1. The first kappa shape index (κ1) is 25.5. The summed E-state index contributed by atoms with van der Waals surface area (Å²) in [5.74, 6) is -0.457. The second-order valence-corrected chi connectivity index (χ2v) is 8.16. The third-order valence-corrected chi connectivity index (χ3v) is 5.40. The average molecular weight is 442 g/mol. The molecular formula is C26H35NO5. The highest BCUT2D eigenvalue weighted by Gasteiger charge is 2.13. The molecule has 6 nitrogen and oxygen atoms in total. The fourth-order valence-electron chi connectivity index (χ4n) is 3.64. The quantitative estimate of drug-likeness (QED) is 0.270. The van der Waals surface area contributed by atoms with Crippen molar-refractivity contribution in [2.24, 2.45) is 0 Å². The van der Waals surface area contributed by atoms with E-state index >= 15 is 0 Å². The zero-order valence-corrected chi connectivity index (χ0v) is 19.0. The summed E-state index contributed by atoms with van der Waals surface area (Å²) in [6.45, 7) is 2.77. The van der Waals surface area contributed by atoms with Crippen molar-refractivity contribution in [2.45, 2.75) is 77.2 Å². The molecule has 1 aromatic heterocycles. The van der Waals surface area contributed by atoms with E-state index in [0.717, 1.165) is 12.8 Å². The van der Waals surface area contributed by atoms with Crippen molar-refractivity contribution in [3.8, 4) is 5.75 Å². The number of hydrogen-bond acceptors (Lipinski definition) is 5.